The second-order valence-corrected chi connectivity index (χ2v) is 4.44. The lowest BCUT2D eigenvalue weighted by molar-refractivity contribution is 0.153. The van der Waals surface area contributed by atoms with Gasteiger partial charge in [0.1, 0.15) is 0 Å². The van der Waals surface area contributed by atoms with Gasteiger partial charge in [0.25, 0.3) is 0 Å². The molecule has 1 aliphatic heterocycles. The standard InChI is InChI=1S/C12H22N4/c1-10(16-7-5-14-6-8-16)12(13-2)11-3-4-15-9-11/h3-4,9-10,12-15H,5-8H2,1-2H3. The highest BCUT2D eigenvalue weighted by Crippen LogP contribution is 2.20. The molecule has 2 heterocycles. The Morgan fingerprint density at radius 2 is 2.12 bits per heavy atom. The summed E-state index contributed by atoms with van der Waals surface area (Å²) in [5.41, 5.74) is 1.34. The van der Waals surface area contributed by atoms with Crippen LogP contribution >= 0.6 is 0 Å². The number of piperazine rings is 1. The first-order valence-electron chi connectivity index (χ1n) is 6.07. The average Bonchev–Trinajstić information content (AvgIpc) is 2.85. The topological polar surface area (TPSA) is 43.1 Å². The molecule has 1 saturated heterocycles. The van der Waals surface area contributed by atoms with E-state index >= 15 is 0 Å². The number of hydrogen-bond donors (Lipinski definition) is 3. The van der Waals surface area contributed by atoms with Gasteiger partial charge in [-0.2, -0.15) is 0 Å². The minimum atomic E-state index is 0.407. The first kappa shape index (κ1) is 11.6. The Hall–Kier alpha value is -0.840. The SMILES string of the molecule is CNC(c1cc[nH]c1)C(C)N1CCNCC1. The van der Waals surface area contributed by atoms with Crippen LogP contribution in [0.2, 0.25) is 0 Å². The van der Waals surface area contributed by atoms with Crippen molar-refractivity contribution in [1.29, 1.82) is 0 Å². The molecule has 0 spiro atoms. The van der Waals surface area contributed by atoms with Crippen molar-refractivity contribution in [3.63, 3.8) is 0 Å². The summed E-state index contributed by atoms with van der Waals surface area (Å²) >= 11 is 0. The van der Waals surface area contributed by atoms with E-state index in [0.29, 0.717) is 12.1 Å². The third-order valence-corrected chi connectivity index (χ3v) is 3.50. The first-order chi connectivity index (χ1) is 7.83. The smallest absolute Gasteiger partial charge is 0.0488 e. The fraction of sp³-hybridized carbons (Fsp3) is 0.667. The van der Waals surface area contributed by atoms with Crippen LogP contribution in [0.1, 0.15) is 18.5 Å². The molecule has 3 N–H and O–H groups in total. The molecule has 0 aliphatic carbocycles. The van der Waals surface area contributed by atoms with Crippen LogP contribution in [0.4, 0.5) is 0 Å². The number of rotatable bonds is 4. The van der Waals surface area contributed by atoms with E-state index in [0.717, 1.165) is 26.2 Å². The van der Waals surface area contributed by atoms with Gasteiger partial charge in [-0.25, -0.2) is 0 Å². The predicted molar refractivity (Wildman–Crippen MR) is 66.5 cm³/mol. The Balaban J connectivity index is 2.02. The Bertz CT molecular complexity index is 290. The third-order valence-electron chi connectivity index (χ3n) is 3.50. The maximum absolute atomic E-state index is 3.42. The van der Waals surface area contributed by atoms with E-state index in [9.17, 15) is 0 Å². The van der Waals surface area contributed by atoms with Crippen molar-refractivity contribution in [2.24, 2.45) is 0 Å². The number of aromatic amines is 1. The van der Waals surface area contributed by atoms with E-state index in [1.54, 1.807) is 0 Å². The van der Waals surface area contributed by atoms with Crippen molar-refractivity contribution in [1.82, 2.24) is 20.5 Å². The predicted octanol–water partition coefficient (Wildman–Crippen LogP) is 0.569. The second-order valence-electron chi connectivity index (χ2n) is 4.44. The molecule has 0 radical (unpaired) electrons. The van der Waals surface area contributed by atoms with Crippen molar-refractivity contribution in [3.05, 3.63) is 24.0 Å². The van der Waals surface area contributed by atoms with Gasteiger partial charge in [0, 0.05) is 50.7 Å². The highest BCUT2D eigenvalue weighted by molar-refractivity contribution is 5.16. The number of nitrogens with one attached hydrogen (secondary N) is 3. The van der Waals surface area contributed by atoms with E-state index < -0.39 is 0 Å². The summed E-state index contributed by atoms with van der Waals surface area (Å²) in [4.78, 5) is 5.68. The number of likely N-dealkylation sites (N-methyl/N-ethyl adjacent to an activating group) is 1. The lowest BCUT2D eigenvalue weighted by atomic mass is 10.0. The summed E-state index contributed by atoms with van der Waals surface area (Å²) in [6.07, 6.45) is 4.07. The van der Waals surface area contributed by atoms with Crippen molar-refractivity contribution < 1.29 is 0 Å². The van der Waals surface area contributed by atoms with Crippen LogP contribution in [0.5, 0.6) is 0 Å². The van der Waals surface area contributed by atoms with Crippen molar-refractivity contribution >= 4 is 0 Å². The molecule has 2 unspecified atom stereocenters. The van der Waals surface area contributed by atoms with Crippen molar-refractivity contribution in [2.45, 2.75) is 19.0 Å². The monoisotopic (exact) mass is 222 g/mol. The van der Waals surface area contributed by atoms with Crippen LogP contribution in [0.25, 0.3) is 0 Å². The molecule has 1 aromatic heterocycles. The Morgan fingerprint density at radius 3 is 2.69 bits per heavy atom. The molecule has 0 saturated carbocycles. The van der Waals surface area contributed by atoms with Gasteiger partial charge in [-0.05, 0) is 25.6 Å². The molecule has 1 aromatic rings. The zero-order valence-corrected chi connectivity index (χ0v) is 10.2. The summed E-state index contributed by atoms with van der Waals surface area (Å²) in [7, 11) is 2.04. The summed E-state index contributed by atoms with van der Waals surface area (Å²) in [5.74, 6) is 0. The number of aromatic nitrogens is 1. The minimum absolute atomic E-state index is 0.407. The van der Waals surface area contributed by atoms with Crippen LogP contribution < -0.4 is 10.6 Å². The van der Waals surface area contributed by atoms with Gasteiger partial charge in [0.15, 0.2) is 0 Å². The van der Waals surface area contributed by atoms with E-state index in [-0.39, 0.29) is 0 Å². The summed E-state index contributed by atoms with van der Waals surface area (Å²) in [5, 5.41) is 6.81. The Labute approximate surface area is 97.4 Å². The van der Waals surface area contributed by atoms with Gasteiger partial charge >= 0.3 is 0 Å². The van der Waals surface area contributed by atoms with Gasteiger partial charge in [-0.15, -0.1) is 0 Å². The fourth-order valence-electron chi connectivity index (χ4n) is 2.52. The van der Waals surface area contributed by atoms with Crippen LogP contribution in [0.15, 0.2) is 18.5 Å². The average molecular weight is 222 g/mol. The third kappa shape index (κ3) is 2.45. The van der Waals surface area contributed by atoms with E-state index in [1.807, 2.05) is 13.2 Å². The zero-order chi connectivity index (χ0) is 11.4. The quantitative estimate of drug-likeness (QED) is 0.698. The van der Waals surface area contributed by atoms with Gasteiger partial charge in [0.2, 0.25) is 0 Å². The van der Waals surface area contributed by atoms with Gasteiger partial charge < -0.3 is 15.6 Å². The van der Waals surface area contributed by atoms with Crippen LogP contribution in [0, 0.1) is 0 Å². The highest BCUT2D eigenvalue weighted by Gasteiger charge is 2.24. The molecule has 4 nitrogen and oxygen atoms in total. The number of hydrogen-bond acceptors (Lipinski definition) is 3. The van der Waals surface area contributed by atoms with E-state index in [4.69, 9.17) is 0 Å². The lowest BCUT2D eigenvalue weighted by Crippen LogP contribution is -2.51. The van der Waals surface area contributed by atoms with Gasteiger partial charge in [0.05, 0.1) is 0 Å². The summed E-state index contributed by atoms with van der Waals surface area (Å²) in [6, 6.07) is 3.09. The first-order valence-corrected chi connectivity index (χ1v) is 6.07. The molecule has 1 aliphatic rings. The highest BCUT2D eigenvalue weighted by atomic mass is 15.2. The second kappa shape index (κ2) is 5.48. The molecular formula is C12H22N4. The maximum Gasteiger partial charge on any atom is 0.0488 e. The van der Waals surface area contributed by atoms with Crippen molar-refractivity contribution in [3.8, 4) is 0 Å². The molecule has 2 rings (SSSR count). The van der Waals surface area contributed by atoms with Crippen LogP contribution in [-0.4, -0.2) is 49.2 Å². The normalized spacial score (nSPS) is 21.9. The summed E-state index contributed by atoms with van der Waals surface area (Å²) in [6.45, 7) is 6.80. The van der Waals surface area contributed by atoms with Gasteiger partial charge in [-0.1, -0.05) is 0 Å². The largest absolute Gasteiger partial charge is 0.367 e. The fourth-order valence-corrected chi connectivity index (χ4v) is 2.52. The molecule has 0 amide bonds. The molecule has 2 atom stereocenters. The Morgan fingerprint density at radius 1 is 1.38 bits per heavy atom. The zero-order valence-electron chi connectivity index (χ0n) is 10.2. The molecule has 0 bridgehead atoms. The molecule has 0 aromatic carbocycles. The molecular weight excluding hydrogens is 200 g/mol. The lowest BCUT2D eigenvalue weighted by Gasteiger charge is -2.37. The molecule has 1 fully saturated rings. The van der Waals surface area contributed by atoms with Crippen LogP contribution in [-0.2, 0) is 0 Å². The number of H-pyrrole nitrogens is 1. The van der Waals surface area contributed by atoms with Crippen LogP contribution in [0.3, 0.4) is 0 Å². The van der Waals surface area contributed by atoms with Crippen molar-refractivity contribution in [2.75, 3.05) is 33.2 Å². The molecule has 90 valence electrons. The molecule has 16 heavy (non-hydrogen) atoms. The van der Waals surface area contributed by atoms with E-state index in [2.05, 4.69) is 39.7 Å². The summed E-state index contributed by atoms with van der Waals surface area (Å²) < 4.78 is 0. The minimum Gasteiger partial charge on any atom is -0.367 e. The number of nitrogens with zero attached hydrogens (tertiary/aromatic N) is 1. The van der Waals surface area contributed by atoms with Gasteiger partial charge in [-0.3, -0.25) is 4.90 Å². The molecule has 4 heteroatoms. The maximum atomic E-state index is 3.42. The Kier molecular flexibility index (Phi) is 3.98. The van der Waals surface area contributed by atoms with E-state index in [1.165, 1.54) is 5.56 Å².